The molecule has 1 heterocycles. The topological polar surface area (TPSA) is 27.3 Å². The first-order chi connectivity index (χ1) is 10.1. The van der Waals surface area contributed by atoms with Gasteiger partial charge in [0, 0.05) is 24.8 Å². The van der Waals surface area contributed by atoms with Crippen molar-refractivity contribution in [2.45, 2.75) is 46.1 Å². The summed E-state index contributed by atoms with van der Waals surface area (Å²) < 4.78 is 0. The van der Waals surface area contributed by atoms with Gasteiger partial charge < -0.3 is 15.5 Å². The molecule has 1 saturated heterocycles. The summed E-state index contributed by atoms with van der Waals surface area (Å²) in [5.74, 6) is 0. The standard InChI is InChI=1S/C17H27N3S/c1-4-7-20-8-5-15(6-9-20)18-17(21)19-16-11-13(2)10-14(3)12-16/h10-12,15H,4-9H2,1-3H3,(H2,18,19,21). The Labute approximate surface area is 134 Å². The molecule has 0 atom stereocenters. The van der Waals surface area contributed by atoms with E-state index in [1.807, 2.05) is 0 Å². The Morgan fingerprint density at radius 1 is 1.19 bits per heavy atom. The molecule has 1 fully saturated rings. The molecule has 3 nitrogen and oxygen atoms in total. The van der Waals surface area contributed by atoms with Crippen LogP contribution >= 0.6 is 12.2 Å². The van der Waals surface area contributed by atoms with Crippen molar-refractivity contribution in [3.8, 4) is 0 Å². The van der Waals surface area contributed by atoms with E-state index in [1.165, 1.54) is 50.0 Å². The first-order valence-electron chi connectivity index (χ1n) is 7.95. The molecule has 0 aromatic heterocycles. The molecule has 0 radical (unpaired) electrons. The van der Waals surface area contributed by atoms with Crippen molar-refractivity contribution in [1.82, 2.24) is 10.2 Å². The molecule has 0 aliphatic carbocycles. The third kappa shape index (κ3) is 5.29. The molecular weight excluding hydrogens is 278 g/mol. The first-order valence-corrected chi connectivity index (χ1v) is 8.36. The van der Waals surface area contributed by atoms with Gasteiger partial charge in [0.25, 0.3) is 0 Å². The number of nitrogens with one attached hydrogen (secondary N) is 2. The summed E-state index contributed by atoms with van der Waals surface area (Å²) >= 11 is 5.45. The quantitative estimate of drug-likeness (QED) is 0.833. The van der Waals surface area contributed by atoms with Crippen molar-refractivity contribution in [2.24, 2.45) is 0 Å². The lowest BCUT2D eigenvalue weighted by molar-refractivity contribution is 0.207. The molecule has 0 amide bonds. The number of rotatable bonds is 4. The normalized spacial score (nSPS) is 16.7. The molecule has 2 rings (SSSR count). The number of aryl methyl sites for hydroxylation is 2. The number of benzene rings is 1. The number of thiocarbonyl (C=S) groups is 1. The fraction of sp³-hybridized carbons (Fsp3) is 0.588. The Morgan fingerprint density at radius 3 is 2.38 bits per heavy atom. The van der Waals surface area contributed by atoms with Crippen molar-refractivity contribution < 1.29 is 0 Å². The number of piperidine rings is 1. The van der Waals surface area contributed by atoms with Gasteiger partial charge in [0.2, 0.25) is 0 Å². The van der Waals surface area contributed by atoms with E-state index in [9.17, 15) is 0 Å². The average molecular weight is 305 g/mol. The van der Waals surface area contributed by atoms with E-state index in [0.717, 1.165) is 10.8 Å². The van der Waals surface area contributed by atoms with Gasteiger partial charge in [-0.05, 0) is 75.1 Å². The molecule has 1 aliphatic heterocycles. The van der Waals surface area contributed by atoms with E-state index in [0.29, 0.717) is 6.04 Å². The van der Waals surface area contributed by atoms with Crippen molar-refractivity contribution in [1.29, 1.82) is 0 Å². The van der Waals surface area contributed by atoms with Crippen LogP contribution in [0.1, 0.15) is 37.3 Å². The second-order valence-corrected chi connectivity index (χ2v) is 6.50. The predicted octanol–water partition coefficient (Wildman–Crippen LogP) is 3.46. The second-order valence-electron chi connectivity index (χ2n) is 6.09. The molecular formula is C17H27N3S. The summed E-state index contributed by atoms with van der Waals surface area (Å²) in [6, 6.07) is 6.94. The van der Waals surface area contributed by atoms with E-state index in [4.69, 9.17) is 12.2 Å². The fourth-order valence-corrected chi connectivity index (χ4v) is 3.30. The van der Waals surface area contributed by atoms with Crippen molar-refractivity contribution >= 4 is 23.0 Å². The van der Waals surface area contributed by atoms with Crippen LogP contribution in [-0.2, 0) is 0 Å². The molecule has 0 unspecified atom stereocenters. The van der Waals surface area contributed by atoms with E-state index in [2.05, 4.69) is 54.5 Å². The third-order valence-electron chi connectivity index (χ3n) is 3.94. The maximum absolute atomic E-state index is 5.45. The lowest BCUT2D eigenvalue weighted by atomic mass is 10.1. The SMILES string of the molecule is CCCN1CCC(NC(=S)Nc2cc(C)cc(C)c2)CC1. The maximum atomic E-state index is 5.45. The Bertz CT molecular complexity index is 459. The zero-order chi connectivity index (χ0) is 15.2. The summed E-state index contributed by atoms with van der Waals surface area (Å²) in [6.07, 6.45) is 3.59. The molecule has 1 aromatic rings. The molecule has 1 aliphatic rings. The van der Waals surface area contributed by atoms with Crippen LogP contribution in [-0.4, -0.2) is 35.7 Å². The minimum absolute atomic E-state index is 0.504. The van der Waals surface area contributed by atoms with Crippen LogP contribution < -0.4 is 10.6 Å². The highest BCUT2D eigenvalue weighted by Gasteiger charge is 2.18. The summed E-state index contributed by atoms with van der Waals surface area (Å²) in [4.78, 5) is 2.54. The molecule has 0 spiro atoms. The Morgan fingerprint density at radius 2 is 1.81 bits per heavy atom. The minimum Gasteiger partial charge on any atom is -0.360 e. The monoisotopic (exact) mass is 305 g/mol. The average Bonchev–Trinajstić information content (AvgIpc) is 2.40. The third-order valence-corrected chi connectivity index (χ3v) is 4.16. The Balaban J connectivity index is 1.80. The zero-order valence-electron chi connectivity index (χ0n) is 13.4. The molecule has 4 heteroatoms. The molecule has 116 valence electrons. The number of hydrogen-bond acceptors (Lipinski definition) is 2. The molecule has 0 saturated carbocycles. The zero-order valence-corrected chi connectivity index (χ0v) is 14.2. The summed E-state index contributed by atoms with van der Waals surface area (Å²) in [6.45, 7) is 10.0. The highest BCUT2D eigenvalue weighted by molar-refractivity contribution is 7.80. The first kappa shape index (κ1) is 16.2. The summed E-state index contributed by atoms with van der Waals surface area (Å²) in [5, 5.41) is 7.52. The van der Waals surface area contributed by atoms with Gasteiger partial charge >= 0.3 is 0 Å². The number of nitrogens with zero attached hydrogens (tertiary/aromatic N) is 1. The van der Waals surface area contributed by atoms with E-state index >= 15 is 0 Å². The predicted molar refractivity (Wildman–Crippen MR) is 95.0 cm³/mol. The Kier molecular flexibility index (Phi) is 6.00. The summed E-state index contributed by atoms with van der Waals surface area (Å²) in [5.41, 5.74) is 3.59. The Hall–Kier alpha value is -1.13. The van der Waals surface area contributed by atoms with Gasteiger partial charge in [-0.15, -0.1) is 0 Å². The van der Waals surface area contributed by atoms with Crippen LogP contribution in [0.2, 0.25) is 0 Å². The lowest BCUT2D eigenvalue weighted by Gasteiger charge is -2.32. The van der Waals surface area contributed by atoms with Gasteiger partial charge in [-0.3, -0.25) is 0 Å². The van der Waals surface area contributed by atoms with Crippen LogP contribution in [0.5, 0.6) is 0 Å². The molecule has 1 aromatic carbocycles. The van der Waals surface area contributed by atoms with Gasteiger partial charge in [0.15, 0.2) is 5.11 Å². The van der Waals surface area contributed by atoms with Gasteiger partial charge in [-0.2, -0.15) is 0 Å². The molecule has 21 heavy (non-hydrogen) atoms. The largest absolute Gasteiger partial charge is 0.360 e. The highest BCUT2D eigenvalue weighted by atomic mass is 32.1. The number of hydrogen-bond donors (Lipinski definition) is 2. The van der Waals surface area contributed by atoms with Crippen LogP contribution in [0.25, 0.3) is 0 Å². The lowest BCUT2D eigenvalue weighted by Crippen LogP contribution is -2.46. The van der Waals surface area contributed by atoms with Crippen LogP contribution in [0, 0.1) is 13.8 Å². The van der Waals surface area contributed by atoms with Crippen molar-refractivity contribution in [2.75, 3.05) is 25.0 Å². The molecule has 0 bridgehead atoms. The number of anilines is 1. The van der Waals surface area contributed by atoms with E-state index in [-0.39, 0.29) is 0 Å². The van der Waals surface area contributed by atoms with E-state index < -0.39 is 0 Å². The fourth-order valence-electron chi connectivity index (χ4n) is 3.02. The highest BCUT2D eigenvalue weighted by Crippen LogP contribution is 2.15. The van der Waals surface area contributed by atoms with Gasteiger partial charge in [0.05, 0.1) is 0 Å². The van der Waals surface area contributed by atoms with Crippen molar-refractivity contribution in [3.63, 3.8) is 0 Å². The number of likely N-dealkylation sites (tertiary alicyclic amines) is 1. The van der Waals surface area contributed by atoms with E-state index in [1.54, 1.807) is 0 Å². The van der Waals surface area contributed by atoms with Crippen LogP contribution in [0.3, 0.4) is 0 Å². The van der Waals surface area contributed by atoms with Gasteiger partial charge in [0.1, 0.15) is 0 Å². The van der Waals surface area contributed by atoms with Crippen molar-refractivity contribution in [3.05, 3.63) is 29.3 Å². The molecule has 2 N–H and O–H groups in total. The minimum atomic E-state index is 0.504. The van der Waals surface area contributed by atoms with Crippen LogP contribution in [0.15, 0.2) is 18.2 Å². The van der Waals surface area contributed by atoms with Gasteiger partial charge in [-0.1, -0.05) is 13.0 Å². The summed E-state index contributed by atoms with van der Waals surface area (Å²) in [7, 11) is 0. The second kappa shape index (κ2) is 7.76. The van der Waals surface area contributed by atoms with Gasteiger partial charge in [-0.25, -0.2) is 0 Å². The smallest absolute Gasteiger partial charge is 0.170 e. The maximum Gasteiger partial charge on any atom is 0.170 e. The van der Waals surface area contributed by atoms with Crippen LogP contribution in [0.4, 0.5) is 5.69 Å².